The number of aliphatic hydroxyl groups excluding tert-OH is 3. The largest absolute Gasteiger partial charge is 0.496 e. The van der Waals surface area contributed by atoms with Gasteiger partial charge in [-0.1, -0.05) is 69.3 Å². The first-order valence-electron chi connectivity index (χ1n) is 19.7. The number of methoxy groups -OCH3 is 1. The van der Waals surface area contributed by atoms with Gasteiger partial charge in [-0.05, 0) is 98.3 Å². The molecule has 11 nitrogen and oxygen atoms in total. The molecule has 7 rings (SSSR count). The highest BCUT2D eigenvalue weighted by Gasteiger charge is 2.57. The third-order valence-corrected chi connectivity index (χ3v) is 12.7. The number of benzene rings is 3. The number of fused-ring (bicyclic) bond motifs is 2. The van der Waals surface area contributed by atoms with Crippen molar-refractivity contribution in [3.05, 3.63) is 89.0 Å². The summed E-state index contributed by atoms with van der Waals surface area (Å²) in [5, 5.41) is 39.7. The summed E-state index contributed by atoms with van der Waals surface area (Å²) in [5.41, 5.74) is 4.47. The van der Waals surface area contributed by atoms with Gasteiger partial charge < -0.3 is 35.6 Å². The fourth-order valence-corrected chi connectivity index (χ4v) is 9.67. The van der Waals surface area contributed by atoms with Crippen molar-refractivity contribution in [2.45, 2.75) is 90.4 Å². The zero-order valence-electron chi connectivity index (χ0n) is 33.4. The summed E-state index contributed by atoms with van der Waals surface area (Å²) in [6, 6.07) is 20.1. The molecule has 0 radical (unpaired) electrons. The smallest absolute Gasteiger partial charge is 0.251 e. The fraction of sp³-hybridized carbons (Fsp3) is 0.545. The van der Waals surface area contributed by atoms with Gasteiger partial charge in [-0.2, -0.15) is 5.06 Å². The summed E-state index contributed by atoms with van der Waals surface area (Å²) in [6.45, 7) is 8.67. The molecule has 1 saturated heterocycles. The molecule has 4 aliphatic rings. The van der Waals surface area contributed by atoms with E-state index in [1.807, 2.05) is 61.5 Å². The molecule has 3 aromatic carbocycles. The lowest BCUT2D eigenvalue weighted by Gasteiger charge is -2.62. The van der Waals surface area contributed by atoms with Gasteiger partial charge in [0.05, 0.1) is 33.0 Å². The molecular weight excluding hydrogens is 697 g/mol. The van der Waals surface area contributed by atoms with Crippen molar-refractivity contribution in [1.29, 1.82) is 0 Å². The monoisotopic (exact) mass is 756 g/mol. The first-order valence-corrected chi connectivity index (χ1v) is 19.7. The summed E-state index contributed by atoms with van der Waals surface area (Å²) >= 11 is 0. The van der Waals surface area contributed by atoms with Gasteiger partial charge in [-0.25, -0.2) is 0 Å². The number of hydroxylamine groups is 2. The van der Waals surface area contributed by atoms with Crippen LogP contribution in [0.5, 0.6) is 5.75 Å². The molecule has 3 saturated carbocycles. The standard InChI is InChI=1S/C44H60N4O7/c1-26-36-20-33(44(36,3)4)21-37(26)46-43(53)40-39(27(2)51)38(25-50)55-48(40)22-30-14-11-15-35(41(30)54-7)31-16-29(24-49)17-32(19-31)42(52)45-34(23-47(5)6)18-28-12-9-8-10-13-28/h8-17,19,26-27,33-34,36-40,49-51H,18,20-25H2,1-7H3,(H,45,52)(H,46,53)/t26-,27-,33+,34-,36+,37-,38-,39-,40-/m0/s1. The van der Waals surface area contributed by atoms with Crippen molar-refractivity contribution in [1.82, 2.24) is 20.6 Å². The number of para-hydroxylation sites is 1. The van der Waals surface area contributed by atoms with Crippen molar-refractivity contribution in [3.63, 3.8) is 0 Å². The number of hydrogen-bond donors (Lipinski definition) is 5. The zero-order chi connectivity index (χ0) is 39.6. The number of carbonyl (C=O) groups excluding carboxylic acids is 2. The van der Waals surface area contributed by atoms with Gasteiger partial charge in [0.15, 0.2) is 0 Å². The molecular formula is C44H60N4O7. The maximum Gasteiger partial charge on any atom is 0.251 e. The Balaban J connectivity index is 1.26. The lowest BCUT2D eigenvalue weighted by Crippen LogP contribution is -2.62. The van der Waals surface area contributed by atoms with Crippen LogP contribution in [-0.2, 0) is 29.2 Å². The molecule has 11 heteroatoms. The number of nitrogens with one attached hydrogen (secondary N) is 2. The molecule has 9 atom stereocenters. The second kappa shape index (κ2) is 17.1. The van der Waals surface area contributed by atoms with Gasteiger partial charge >= 0.3 is 0 Å². The van der Waals surface area contributed by atoms with E-state index in [1.165, 1.54) is 6.42 Å². The molecule has 5 N–H and O–H groups in total. The van der Waals surface area contributed by atoms with Crippen LogP contribution in [0.4, 0.5) is 0 Å². The van der Waals surface area contributed by atoms with E-state index in [1.54, 1.807) is 31.2 Å². The predicted octanol–water partition coefficient (Wildman–Crippen LogP) is 4.42. The van der Waals surface area contributed by atoms with Crippen LogP contribution in [0.3, 0.4) is 0 Å². The van der Waals surface area contributed by atoms with Gasteiger partial charge in [0, 0.05) is 41.2 Å². The zero-order valence-corrected chi connectivity index (χ0v) is 33.4. The summed E-state index contributed by atoms with van der Waals surface area (Å²) < 4.78 is 6.03. The van der Waals surface area contributed by atoms with Crippen molar-refractivity contribution >= 4 is 11.8 Å². The number of amides is 2. The average molecular weight is 757 g/mol. The molecule has 2 amide bonds. The fourth-order valence-electron chi connectivity index (χ4n) is 9.67. The van der Waals surface area contributed by atoms with Crippen LogP contribution >= 0.6 is 0 Å². The van der Waals surface area contributed by atoms with Crippen LogP contribution in [0, 0.1) is 29.1 Å². The number of ether oxygens (including phenoxy) is 1. The Kier molecular flexibility index (Phi) is 12.7. The highest BCUT2D eigenvalue weighted by Crippen LogP contribution is 2.61. The molecule has 0 aromatic heterocycles. The molecule has 3 aromatic rings. The van der Waals surface area contributed by atoms with Crippen LogP contribution in [0.2, 0.25) is 0 Å². The first kappa shape index (κ1) is 40.8. The van der Waals surface area contributed by atoms with Gasteiger partial charge in [-0.15, -0.1) is 0 Å². The van der Waals surface area contributed by atoms with E-state index >= 15 is 0 Å². The normalized spacial score (nSPS) is 26.9. The Morgan fingerprint density at radius 2 is 1.78 bits per heavy atom. The van der Waals surface area contributed by atoms with E-state index in [0.29, 0.717) is 64.3 Å². The van der Waals surface area contributed by atoms with Gasteiger partial charge in [0.2, 0.25) is 5.91 Å². The molecule has 4 fully saturated rings. The van der Waals surface area contributed by atoms with E-state index in [2.05, 4.69) is 43.5 Å². The lowest BCUT2D eigenvalue weighted by atomic mass is 9.45. The van der Waals surface area contributed by atoms with Crippen LogP contribution in [0.25, 0.3) is 11.1 Å². The predicted molar refractivity (Wildman–Crippen MR) is 212 cm³/mol. The Morgan fingerprint density at radius 3 is 2.40 bits per heavy atom. The van der Waals surface area contributed by atoms with E-state index in [4.69, 9.17) is 9.57 Å². The molecule has 1 heterocycles. The SMILES string of the molecule is COc1c(CN2O[C@@H](CO)[C@H]([C@H](C)O)[C@H]2C(=O)N[C@H]2C[C@H]3C[C@H]([C@@H]2C)C3(C)C)cccc1-c1cc(CO)cc(C(=O)N[C@@H](Cc2ccccc2)CN(C)C)c1. The van der Waals surface area contributed by atoms with Crippen molar-refractivity contribution in [2.75, 3.05) is 34.4 Å². The maximum atomic E-state index is 14.3. The van der Waals surface area contributed by atoms with Crippen LogP contribution in [-0.4, -0.2) is 102 Å². The minimum absolute atomic E-state index is 0.0218. The second-order valence-corrected chi connectivity index (χ2v) is 16.9. The molecule has 55 heavy (non-hydrogen) atoms. The van der Waals surface area contributed by atoms with E-state index in [0.717, 1.165) is 12.0 Å². The van der Waals surface area contributed by atoms with Crippen molar-refractivity contribution in [3.8, 4) is 16.9 Å². The van der Waals surface area contributed by atoms with Crippen LogP contribution in [0.15, 0.2) is 66.7 Å². The molecule has 0 unspecified atom stereocenters. The highest BCUT2D eigenvalue weighted by molar-refractivity contribution is 5.96. The minimum Gasteiger partial charge on any atom is -0.496 e. The van der Waals surface area contributed by atoms with E-state index in [9.17, 15) is 24.9 Å². The molecule has 2 bridgehead atoms. The average Bonchev–Trinajstić information content (AvgIpc) is 3.53. The summed E-state index contributed by atoms with van der Waals surface area (Å²) in [5.74, 6) is 0.807. The Morgan fingerprint density at radius 1 is 1.04 bits per heavy atom. The highest BCUT2D eigenvalue weighted by atomic mass is 16.7. The van der Waals surface area contributed by atoms with Gasteiger partial charge in [-0.3, -0.25) is 14.4 Å². The third-order valence-electron chi connectivity index (χ3n) is 12.7. The lowest BCUT2D eigenvalue weighted by molar-refractivity contribution is -0.183. The number of hydrogen-bond acceptors (Lipinski definition) is 9. The number of rotatable bonds is 15. The summed E-state index contributed by atoms with van der Waals surface area (Å²) in [6.07, 6.45) is 1.08. The van der Waals surface area contributed by atoms with E-state index in [-0.39, 0.29) is 49.1 Å². The van der Waals surface area contributed by atoms with Gasteiger partial charge in [0.1, 0.15) is 17.9 Å². The first-order chi connectivity index (χ1) is 26.2. The summed E-state index contributed by atoms with van der Waals surface area (Å²) in [7, 11) is 5.52. The Hall–Kier alpha value is -3.84. The number of carbonyl (C=O) groups is 2. The maximum absolute atomic E-state index is 14.3. The minimum atomic E-state index is -0.918. The molecule has 3 aliphatic carbocycles. The van der Waals surface area contributed by atoms with Crippen LogP contribution in [0.1, 0.15) is 67.6 Å². The number of likely N-dealkylation sites (N-methyl/N-ethyl adjacent to an activating group) is 1. The summed E-state index contributed by atoms with van der Waals surface area (Å²) in [4.78, 5) is 36.4. The second-order valence-electron chi connectivity index (χ2n) is 16.9. The Labute approximate surface area is 326 Å². The van der Waals surface area contributed by atoms with Crippen LogP contribution < -0.4 is 15.4 Å². The van der Waals surface area contributed by atoms with Gasteiger partial charge in [0.25, 0.3) is 5.91 Å². The third kappa shape index (κ3) is 8.62. The number of aliphatic hydroxyl groups is 3. The number of nitrogens with zero attached hydrogens (tertiary/aromatic N) is 2. The molecule has 1 aliphatic heterocycles. The van der Waals surface area contributed by atoms with Crippen molar-refractivity contribution < 1.29 is 34.5 Å². The quantitative estimate of drug-likeness (QED) is 0.152. The topological polar surface area (TPSA) is 144 Å². The molecule has 0 spiro atoms. The molecule has 298 valence electrons. The van der Waals surface area contributed by atoms with Crippen molar-refractivity contribution in [2.24, 2.45) is 29.1 Å². The Bertz CT molecular complexity index is 1800. The van der Waals surface area contributed by atoms with E-state index < -0.39 is 24.2 Å².